The number of halogens is 1. The van der Waals surface area contributed by atoms with Gasteiger partial charge < -0.3 is 15.5 Å². The molecule has 0 aliphatic carbocycles. The Bertz CT molecular complexity index is 428. The quantitative estimate of drug-likeness (QED) is 0.249. The average Bonchev–Trinajstić information content (AvgIpc) is 3.06. The van der Waals surface area contributed by atoms with Crippen molar-refractivity contribution < 1.29 is 0 Å². The number of aryl methyl sites for hydroxylation is 1. The summed E-state index contributed by atoms with van der Waals surface area (Å²) in [7, 11) is 6.14. The molecule has 0 radical (unpaired) electrons. The van der Waals surface area contributed by atoms with E-state index in [1.54, 1.807) is 0 Å². The second-order valence-electron chi connectivity index (χ2n) is 6.11. The Kier molecular flexibility index (Phi) is 13.0. The SMILES string of the molecule is CCC(CC)C(CNC(=NC)NCCCn1cccn1)N(C)C.I. The van der Waals surface area contributed by atoms with Crippen LogP contribution in [0.25, 0.3) is 0 Å². The molecule has 140 valence electrons. The number of guanidine groups is 1. The molecule has 1 atom stereocenters. The summed E-state index contributed by atoms with van der Waals surface area (Å²) in [6.45, 7) is 7.26. The first-order valence-corrected chi connectivity index (χ1v) is 8.70. The maximum Gasteiger partial charge on any atom is 0.191 e. The van der Waals surface area contributed by atoms with Crippen LogP contribution >= 0.6 is 24.0 Å². The largest absolute Gasteiger partial charge is 0.356 e. The minimum Gasteiger partial charge on any atom is -0.356 e. The summed E-state index contributed by atoms with van der Waals surface area (Å²) in [5.41, 5.74) is 0. The lowest BCUT2D eigenvalue weighted by Crippen LogP contribution is -2.48. The molecule has 1 unspecified atom stereocenters. The number of nitrogens with one attached hydrogen (secondary N) is 2. The first-order valence-electron chi connectivity index (χ1n) is 8.70. The fourth-order valence-corrected chi connectivity index (χ4v) is 2.91. The van der Waals surface area contributed by atoms with Gasteiger partial charge in [0.2, 0.25) is 0 Å². The molecule has 1 heterocycles. The van der Waals surface area contributed by atoms with Crippen LogP contribution in [-0.2, 0) is 6.54 Å². The van der Waals surface area contributed by atoms with Gasteiger partial charge in [-0.05, 0) is 32.5 Å². The Morgan fingerprint density at radius 1 is 1.25 bits per heavy atom. The van der Waals surface area contributed by atoms with E-state index in [1.807, 2.05) is 30.2 Å². The number of aliphatic imine (C=N–C) groups is 1. The van der Waals surface area contributed by atoms with Gasteiger partial charge in [-0.1, -0.05) is 26.7 Å². The Balaban J connectivity index is 0.00000529. The van der Waals surface area contributed by atoms with E-state index < -0.39 is 0 Å². The summed E-state index contributed by atoms with van der Waals surface area (Å²) in [6.07, 6.45) is 7.23. The van der Waals surface area contributed by atoms with Crippen LogP contribution in [0.4, 0.5) is 0 Å². The minimum atomic E-state index is 0. The van der Waals surface area contributed by atoms with Crippen molar-refractivity contribution in [1.82, 2.24) is 25.3 Å². The highest BCUT2D eigenvalue weighted by Crippen LogP contribution is 2.16. The van der Waals surface area contributed by atoms with Crippen LogP contribution in [0.15, 0.2) is 23.5 Å². The molecule has 0 aliphatic heterocycles. The zero-order valence-electron chi connectivity index (χ0n) is 15.8. The molecule has 0 bridgehead atoms. The topological polar surface area (TPSA) is 57.5 Å². The molecule has 0 aromatic carbocycles. The molecule has 0 amide bonds. The average molecular weight is 450 g/mol. The van der Waals surface area contributed by atoms with Gasteiger partial charge in [-0.15, -0.1) is 24.0 Å². The zero-order valence-corrected chi connectivity index (χ0v) is 18.2. The Morgan fingerprint density at radius 3 is 2.46 bits per heavy atom. The molecule has 6 nitrogen and oxygen atoms in total. The summed E-state index contributed by atoms with van der Waals surface area (Å²) in [5.74, 6) is 1.58. The predicted molar refractivity (Wildman–Crippen MR) is 113 cm³/mol. The van der Waals surface area contributed by atoms with Gasteiger partial charge in [0.1, 0.15) is 0 Å². The normalized spacial score (nSPS) is 13.0. The van der Waals surface area contributed by atoms with E-state index in [2.05, 4.69) is 53.6 Å². The van der Waals surface area contributed by atoms with Crippen molar-refractivity contribution in [2.45, 2.75) is 45.7 Å². The van der Waals surface area contributed by atoms with E-state index in [1.165, 1.54) is 12.8 Å². The highest BCUT2D eigenvalue weighted by Gasteiger charge is 2.20. The lowest BCUT2D eigenvalue weighted by Gasteiger charge is -2.32. The lowest BCUT2D eigenvalue weighted by molar-refractivity contribution is 0.200. The zero-order chi connectivity index (χ0) is 17.1. The number of aromatic nitrogens is 2. The van der Waals surface area contributed by atoms with Gasteiger partial charge in [-0.2, -0.15) is 5.10 Å². The summed E-state index contributed by atoms with van der Waals surface area (Å²) >= 11 is 0. The summed E-state index contributed by atoms with van der Waals surface area (Å²) in [4.78, 5) is 6.63. The highest BCUT2D eigenvalue weighted by molar-refractivity contribution is 14.0. The molecule has 0 spiro atoms. The van der Waals surface area contributed by atoms with Crippen LogP contribution in [0.5, 0.6) is 0 Å². The van der Waals surface area contributed by atoms with Crippen LogP contribution in [0.1, 0.15) is 33.1 Å². The van der Waals surface area contributed by atoms with Crippen LogP contribution in [0, 0.1) is 5.92 Å². The van der Waals surface area contributed by atoms with Crippen molar-refractivity contribution in [1.29, 1.82) is 0 Å². The molecule has 0 aliphatic rings. The van der Waals surface area contributed by atoms with E-state index in [0.29, 0.717) is 12.0 Å². The number of hydrogen-bond donors (Lipinski definition) is 2. The molecule has 24 heavy (non-hydrogen) atoms. The molecule has 1 aromatic rings. The van der Waals surface area contributed by atoms with E-state index in [9.17, 15) is 0 Å². The fourth-order valence-electron chi connectivity index (χ4n) is 2.91. The standard InChI is InChI=1S/C17H34N6.HI/c1-6-15(7-2)16(22(4)5)14-20-17(18-3)19-10-8-12-23-13-9-11-21-23;/h9,11,13,15-16H,6-8,10,12,14H2,1-5H3,(H2,18,19,20);1H. The molecule has 2 N–H and O–H groups in total. The van der Waals surface area contributed by atoms with E-state index in [0.717, 1.165) is 32.0 Å². The van der Waals surface area contributed by atoms with Crippen LogP contribution in [0.3, 0.4) is 0 Å². The Labute approximate surface area is 164 Å². The molecule has 7 heteroatoms. The van der Waals surface area contributed by atoms with E-state index in [-0.39, 0.29) is 24.0 Å². The van der Waals surface area contributed by atoms with Crippen molar-refractivity contribution in [3.8, 4) is 0 Å². The third kappa shape index (κ3) is 8.32. The minimum absolute atomic E-state index is 0. The number of rotatable bonds is 10. The third-order valence-corrected chi connectivity index (χ3v) is 4.37. The van der Waals surface area contributed by atoms with Crippen LogP contribution < -0.4 is 10.6 Å². The van der Waals surface area contributed by atoms with Crippen molar-refractivity contribution in [3.05, 3.63) is 18.5 Å². The smallest absolute Gasteiger partial charge is 0.191 e. The third-order valence-electron chi connectivity index (χ3n) is 4.37. The van der Waals surface area contributed by atoms with Crippen molar-refractivity contribution in [2.24, 2.45) is 10.9 Å². The Morgan fingerprint density at radius 2 is 1.96 bits per heavy atom. The lowest BCUT2D eigenvalue weighted by atomic mass is 9.93. The Hall–Kier alpha value is -0.830. The van der Waals surface area contributed by atoms with Crippen molar-refractivity contribution >= 4 is 29.9 Å². The molecule has 1 rings (SSSR count). The summed E-state index contributed by atoms with van der Waals surface area (Å²) < 4.78 is 1.95. The molecule has 0 saturated heterocycles. The van der Waals surface area contributed by atoms with Crippen molar-refractivity contribution in [2.75, 3.05) is 34.2 Å². The fraction of sp³-hybridized carbons (Fsp3) is 0.765. The molecule has 0 fully saturated rings. The highest BCUT2D eigenvalue weighted by atomic mass is 127. The van der Waals surface area contributed by atoms with E-state index in [4.69, 9.17) is 0 Å². The monoisotopic (exact) mass is 450 g/mol. The second kappa shape index (κ2) is 13.5. The number of likely N-dealkylation sites (N-methyl/N-ethyl adjacent to an activating group) is 1. The number of hydrogen-bond acceptors (Lipinski definition) is 3. The first-order chi connectivity index (χ1) is 11.1. The van der Waals surface area contributed by atoms with Gasteiger partial charge in [0, 0.05) is 45.1 Å². The van der Waals surface area contributed by atoms with Gasteiger partial charge in [-0.25, -0.2) is 0 Å². The predicted octanol–water partition coefficient (Wildman–Crippen LogP) is 2.42. The van der Waals surface area contributed by atoms with Crippen molar-refractivity contribution in [3.63, 3.8) is 0 Å². The van der Waals surface area contributed by atoms with Gasteiger partial charge in [0.15, 0.2) is 5.96 Å². The molecule has 1 aromatic heterocycles. The summed E-state index contributed by atoms with van der Waals surface area (Å²) in [5, 5.41) is 11.1. The van der Waals surface area contributed by atoms with Crippen LogP contribution in [0.2, 0.25) is 0 Å². The summed E-state index contributed by atoms with van der Waals surface area (Å²) in [6, 6.07) is 2.47. The van der Waals surface area contributed by atoms with Gasteiger partial charge in [0.25, 0.3) is 0 Å². The maximum absolute atomic E-state index is 4.32. The molecular formula is C17H35IN6. The van der Waals surface area contributed by atoms with Gasteiger partial charge in [-0.3, -0.25) is 9.67 Å². The second-order valence-corrected chi connectivity index (χ2v) is 6.11. The first kappa shape index (κ1) is 23.2. The van der Waals surface area contributed by atoms with E-state index >= 15 is 0 Å². The van der Waals surface area contributed by atoms with Gasteiger partial charge >= 0.3 is 0 Å². The van der Waals surface area contributed by atoms with Crippen LogP contribution in [-0.4, -0.2) is 60.9 Å². The number of nitrogens with zero attached hydrogens (tertiary/aromatic N) is 4. The molecule has 0 saturated carbocycles. The maximum atomic E-state index is 4.32. The van der Waals surface area contributed by atoms with Gasteiger partial charge in [0.05, 0.1) is 0 Å². The molecular weight excluding hydrogens is 415 g/mol.